The van der Waals surface area contributed by atoms with E-state index in [4.69, 9.17) is 0 Å². The average molecular weight is 345 g/mol. The van der Waals surface area contributed by atoms with Crippen LogP contribution in [0.25, 0.3) is 0 Å². The summed E-state index contributed by atoms with van der Waals surface area (Å²) in [5, 5.41) is 0.959. The Morgan fingerprint density at radius 3 is 2.38 bits per heavy atom. The number of aromatic nitrogens is 1. The normalized spacial score (nSPS) is 10.5. The molecular weight excluding hydrogens is 322 g/mol. The molecule has 0 aliphatic carbocycles. The highest BCUT2D eigenvalue weighted by molar-refractivity contribution is 7.13. The number of hydrogen-bond donors (Lipinski definition) is 2. The fourth-order valence-electron chi connectivity index (χ4n) is 2.23. The zero-order valence-electron chi connectivity index (χ0n) is 14.3. The number of unbranched alkanes of at least 4 members (excludes halogenated alkanes) is 1. The smallest absolute Gasteiger partial charge is 0.267 e. The van der Waals surface area contributed by atoms with Crippen molar-refractivity contribution in [1.29, 1.82) is 0 Å². The lowest BCUT2D eigenvalue weighted by Gasteiger charge is -2.07. The van der Waals surface area contributed by atoms with Crippen molar-refractivity contribution in [3.63, 3.8) is 0 Å². The van der Waals surface area contributed by atoms with Gasteiger partial charge in [0.25, 0.3) is 11.8 Å². The molecule has 0 saturated carbocycles. The molecule has 2 rings (SSSR count). The molecule has 6 heteroatoms. The summed E-state index contributed by atoms with van der Waals surface area (Å²) >= 11 is 1.39. The van der Waals surface area contributed by atoms with Gasteiger partial charge in [-0.3, -0.25) is 20.4 Å². The molecule has 5 nitrogen and oxygen atoms in total. The van der Waals surface area contributed by atoms with E-state index in [1.165, 1.54) is 11.3 Å². The zero-order valence-corrected chi connectivity index (χ0v) is 15.1. The maximum absolute atomic E-state index is 12.2. The molecule has 0 fully saturated rings. The lowest BCUT2D eigenvalue weighted by Crippen LogP contribution is -2.41. The van der Waals surface area contributed by atoms with E-state index in [0.717, 1.165) is 36.3 Å². The molecule has 0 aliphatic rings. The van der Waals surface area contributed by atoms with Crippen LogP contribution in [0.1, 0.15) is 63.0 Å². The Labute approximate surface area is 146 Å². The number of hydrazine groups is 1. The van der Waals surface area contributed by atoms with Crippen molar-refractivity contribution in [2.75, 3.05) is 0 Å². The summed E-state index contributed by atoms with van der Waals surface area (Å²) in [6.45, 7) is 5.99. The molecule has 0 saturated heterocycles. The molecular formula is C18H23N3O2S. The minimum atomic E-state index is -0.334. The van der Waals surface area contributed by atoms with E-state index in [2.05, 4.69) is 29.7 Å². The van der Waals surface area contributed by atoms with Gasteiger partial charge in [-0.25, -0.2) is 4.98 Å². The van der Waals surface area contributed by atoms with E-state index < -0.39 is 0 Å². The van der Waals surface area contributed by atoms with E-state index in [9.17, 15) is 9.59 Å². The van der Waals surface area contributed by atoms with E-state index in [0.29, 0.717) is 16.1 Å². The van der Waals surface area contributed by atoms with Crippen molar-refractivity contribution in [3.05, 3.63) is 51.0 Å². The number of hydrogen-bond acceptors (Lipinski definition) is 4. The topological polar surface area (TPSA) is 71.1 Å². The number of nitrogens with zero attached hydrogens (tertiary/aromatic N) is 1. The molecule has 1 aromatic carbocycles. The number of thiazole rings is 1. The fourth-order valence-corrected chi connectivity index (χ4v) is 3.23. The van der Waals surface area contributed by atoms with Gasteiger partial charge in [0.1, 0.15) is 4.88 Å². The summed E-state index contributed by atoms with van der Waals surface area (Å²) in [5.41, 5.74) is 7.30. The summed E-state index contributed by atoms with van der Waals surface area (Å²) < 4.78 is 0. The van der Waals surface area contributed by atoms with Crippen LogP contribution < -0.4 is 10.9 Å². The number of amides is 2. The zero-order chi connectivity index (χ0) is 17.5. The molecule has 24 heavy (non-hydrogen) atoms. The number of carbonyl (C=O) groups is 2. The Bertz CT molecular complexity index is 708. The number of aryl methyl sites for hydroxylation is 3. The van der Waals surface area contributed by atoms with Crippen LogP contribution in [-0.4, -0.2) is 16.8 Å². The molecule has 128 valence electrons. The second-order valence-corrected chi connectivity index (χ2v) is 6.67. The highest BCUT2D eigenvalue weighted by Gasteiger charge is 2.16. The standard InChI is InChI=1S/C18H23N3O2S/c1-4-6-7-15-19-12(3)16(24-15)18(23)21-20-17(22)14-10-8-13(5-2)9-11-14/h8-11H,4-7H2,1-3H3,(H,20,22)(H,21,23). The van der Waals surface area contributed by atoms with Crippen LogP contribution in [-0.2, 0) is 12.8 Å². The van der Waals surface area contributed by atoms with Crippen molar-refractivity contribution in [1.82, 2.24) is 15.8 Å². The molecule has 2 N–H and O–H groups in total. The molecule has 2 amide bonds. The molecule has 0 aliphatic heterocycles. The third-order valence-electron chi connectivity index (χ3n) is 3.71. The average Bonchev–Trinajstić information content (AvgIpc) is 2.98. The molecule has 0 bridgehead atoms. The van der Waals surface area contributed by atoms with Gasteiger partial charge in [-0.2, -0.15) is 0 Å². The Morgan fingerprint density at radius 1 is 1.08 bits per heavy atom. The van der Waals surface area contributed by atoms with Crippen LogP contribution in [0.15, 0.2) is 24.3 Å². The molecule has 0 unspecified atom stereocenters. The first-order valence-corrected chi connectivity index (χ1v) is 9.02. The van der Waals surface area contributed by atoms with Crippen molar-refractivity contribution < 1.29 is 9.59 Å². The van der Waals surface area contributed by atoms with E-state index in [-0.39, 0.29) is 11.8 Å². The minimum absolute atomic E-state index is 0.328. The third-order valence-corrected chi connectivity index (χ3v) is 4.92. The summed E-state index contributed by atoms with van der Waals surface area (Å²) in [6, 6.07) is 7.32. The number of carbonyl (C=O) groups excluding carboxylic acids is 2. The van der Waals surface area contributed by atoms with Gasteiger partial charge in [-0.15, -0.1) is 11.3 Å². The lowest BCUT2D eigenvalue weighted by molar-refractivity contribution is 0.0848. The lowest BCUT2D eigenvalue weighted by atomic mass is 10.1. The predicted octanol–water partition coefficient (Wildman–Crippen LogP) is 3.43. The van der Waals surface area contributed by atoms with E-state index in [1.54, 1.807) is 12.1 Å². The van der Waals surface area contributed by atoms with E-state index in [1.807, 2.05) is 19.1 Å². The van der Waals surface area contributed by atoms with Gasteiger partial charge in [0.2, 0.25) is 0 Å². The highest BCUT2D eigenvalue weighted by Crippen LogP contribution is 2.19. The predicted molar refractivity (Wildman–Crippen MR) is 96.2 cm³/mol. The van der Waals surface area contributed by atoms with Crippen LogP contribution in [0.2, 0.25) is 0 Å². The monoisotopic (exact) mass is 345 g/mol. The number of rotatable bonds is 6. The molecule has 1 aromatic heterocycles. The molecule has 0 radical (unpaired) electrons. The summed E-state index contributed by atoms with van der Waals surface area (Å²) in [5.74, 6) is -0.661. The van der Waals surface area contributed by atoms with Gasteiger partial charge >= 0.3 is 0 Å². The first kappa shape index (κ1) is 18.1. The Balaban J connectivity index is 1.94. The van der Waals surface area contributed by atoms with Gasteiger partial charge in [0.05, 0.1) is 10.7 Å². The van der Waals surface area contributed by atoms with Crippen molar-refractivity contribution in [2.24, 2.45) is 0 Å². The highest BCUT2D eigenvalue weighted by atomic mass is 32.1. The summed E-state index contributed by atoms with van der Waals surface area (Å²) in [4.78, 5) is 29.3. The number of benzene rings is 1. The number of nitrogens with one attached hydrogen (secondary N) is 2. The van der Waals surface area contributed by atoms with Crippen molar-refractivity contribution >= 4 is 23.2 Å². The Morgan fingerprint density at radius 2 is 1.75 bits per heavy atom. The fraction of sp³-hybridized carbons (Fsp3) is 0.389. The quantitative estimate of drug-likeness (QED) is 0.788. The van der Waals surface area contributed by atoms with Crippen LogP contribution in [0, 0.1) is 6.92 Å². The molecule has 2 aromatic rings. The SMILES string of the molecule is CCCCc1nc(C)c(C(=O)NNC(=O)c2ccc(CC)cc2)s1. The maximum Gasteiger partial charge on any atom is 0.281 e. The Kier molecular flexibility index (Phi) is 6.49. The van der Waals surface area contributed by atoms with Gasteiger partial charge < -0.3 is 0 Å². The van der Waals surface area contributed by atoms with Crippen LogP contribution in [0.3, 0.4) is 0 Å². The first-order chi connectivity index (χ1) is 11.5. The molecule has 0 spiro atoms. The minimum Gasteiger partial charge on any atom is -0.267 e. The second-order valence-electron chi connectivity index (χ2n) is 5.58. The molecule has 1 heterocycles. The van der Waals surface area contributed by atoms with Crippen LogP contribution in [0.5, 0.6) is 0 Å². The maximum atomic E-state index is 12.2. The third kappa shape index (κ3) is 4.64. The van der Waals surface area contributed by atoms with E-state index >= 15 is 0 Å². The summed E-state index contributed by atoms with van der Waals surface area (Å²) in [6.07, 6.45) is 3.95. The van der Waals surface area contributed by atoms with Crippen molar-refractivity contribution in [3.8, 4) is 0 Å². The van der Waals surface area contributed by atoms with Crippen molar-refractivity contribution in [2.45, 2.75) is 46.5 Å². The Hall–Kier alpha value is -2.21. The van der Waals surface area contributed by atoms with Gasteiger partial charge in [-0.05, 0) is 43.9 Å². The molecule has 0 atom stereocenters. The largest absolute Gasteiger partial charge is 0.281 e. The summed E-state index contributed by atoms with van der Waals surface area (Å²) in [7, 11) is 0. The second kappa shape index (κ2) is 8.59. The van der Waals surface area contributed by atoms with Crippen LogP contribution >= 0.6 is 11.3 Å². The van der Waals surface area contributed by atoms with Gasteiger partial charge in [0.15, 0.2) is 0 Å². The first-order valence-electron chi connectivity index (χ1n) is 8.21. The van der Waals surface area contributed by atoms with Gasteiger partial charge in [-0.1, -0.05) is 32.4 Å². The van der Waals surface area contributed by atoms with Gasteiger partial charge in [0, 0.05) is 5.56 Å². The van der Waals surface area contributed by atoms with Crippen LogP contribution in [0.4, 0.5) is 0 Å².